The molecular weight excluding hydrogens is 350 g/mol. The van der Waals surface area contributed by atoms with Crippen LogP contribution in [0.4, 0.5) is 5.69 Å². The van der Waals surface area contributed by atoms with Gasteiger partial charge in [-0.1, -0.05) is 24.3 Å². The highest BCUT2D eigenvalue weighted by Crippen LogP contribution is 2.54. The number of carbonyl (C=O) groups excluding carboxylic acids is 3. The summed E-state index contributed by atoms with van der Waals surface area (Å²) in [6, 6.07) is 4.93. The van der Waals surface area contributed by atoms with Crippen LogP contribution in [0.5, 0.6) is 0 Å². The molecule has 2 aliphatic carbocycles. The van der Waals surface area contributed by atoms with Crippen molar-refractivity contribution in [1.29, 1.82) is 0 Å². The van der Waals surface area contributed by atoms with Crippen molar-refractivity contribution in [3.8, 4) is 0 Å². The third-order valence-electron chi connectivity index (χ3n) is 5.94. The molecule has 2 bridgehead atoms. The summed E-state index contributed by atoms with van der Waals surface area (Å²) in [5.74, 6) is -1.52. The van der Waals surface area contributed by atoms with Crippen LogP contribution in [0.2, 0.25) is 0 Å². The van der Waals surface area contributed by atoms with E-state index in [9.17, 15) is 24.5 Å². The van der Waals surface area contributed by atoms with Gasteiger partial charge in [-0.15, -0.1) is 0 Å². The van der Waals surface area contributed by atoms with Crippen molar-refractivity contribution < 1.29 is 19.3 Å². The van der Waals surface area contributed by atoms with Crippen LogP contribution in [0, 0.1) is 33.8 Å². The molecule has 27 heavy (non-hydrogen) atoms. The van der Waals surface area contributed by atoms with Crippen molar-refractivity contribution in [3.63, 3.8) is 0 Å². The third kappa shape index (κ3) is 2.63. The molecule has 1 aromatic rings. The van der Waals surface area contributed by atoms with Crippen molar-refractivity contribution in [2.24, 2.45) is 23.7 Å². The van der Waals surface area contributed by atoms with E-state index in [1.165, 1.54) is 30.1 Å². The monoisotopic (exact) mass is 369 g/mol. The quantitative estimate of drug-likeness (QED) is 0.367. The molecule has 1 aromatic carbocycles. The Morgan fingerprint density at radius 1 is 1.26 bits per heavy atom. The number of nitro groups is 1. The van der Waals surface area contributed by atoms with Gasteiger partial charge in [0.15, 0.2) is 0 Å². The van der Waals surface area contributed by atoms with Gasteiger partial charge < -0.3 is 5.32 Å². The van der Waals surface area contributed by atoms with Crippen LogP contribution in [-0.4, -0.2) is 34.6 Å². The number of nitro benzene ring substituents is 1. The average molecular weight is 369 g/mol. The Morgan fingerprint density at radius 2 is 1.89 bits per heavy atom. The maximum atomic E-state index is 13.1. The van der Waals surface area contributed by atoms with E-state index in [0.717, 1.165) is 6.42 Å². The minimum Gasteiger partial charge on any atom is -0.359 e. The largest absolute Gasteiger partial charge is 0.359 e. The molecule has 140 valence electrons. The third-order valence-corrected chi connectivity index (χ3v) is 5.94. The summed E-state index contributed by atoms with van der Waals surface area (Å²) in [7, 11) is 1.47. The van der Waals surface area contributed by atoms with Crippen molar-refractivity contribution in [3.05, 3.63) is 52.1 Å². The predicted molar refractivity (Wildman–Crippen MR) is 94.1 cm³/mol. The Labute approximate surface area is 155 Å². The molecule has 2 fully saturated rings. The molecule has 1 heterocycles. The fraction of sp³-hybridized carbons (Fsp3) is 0.421. The molecule has 5 atom stereocenters. The minimum absolute atomic E-state index is 0.0622. The first-order chi connectivity index (χ1) is 12.9. The molecule has 0 radical (unpaired) electrons. The first-order valence-electron chi connectivity index (χ1n) is 8.92. The minimum atomic E-state index is -0.852. The molecular formula is C19H19N3O5. The lowest BCUT2D eigenvalue weighted by Gasteiger charge is -2.27. The predicted octanol–water partition coefficient (Wildman–Crippen LogP) is 1.58. The lowest BCUT2D eigenvalue weighted by Crippen LogP contribution is -2.39. The summed E-state index contributed by atoms with van der Waals surface area (Å²) < 4.78 is 0. The van der Waals surface area contributed by atoms with Crippen molar-refractivity contribution in [2.75, 3.05) is 7.05 Å². The Hall–Kier alpha value is -3.03. The Bertz CT molecular complexity index is 850. The summed E-state index contributed by atoms with van der Waals surface area (Å²) in [4.78, 5) is 50.0. The second-order valence-corrected chi connectivity index (χ2v) is 7.29. The van der Waals surface area contributed by atoms with E-state index < -0.39 is 11.0 Å². The van der Waals surface area contributed by atoms with Crippen molar-refractivity contribution in [2.45, 2.75) is 18.9 Å². The van der Waals surface area contributed by atoms with Crippen LogP contribution in [0.25, 0.3) is 0 Å². The zero-order chi connectivity index (χ0) is 19.3. The number of hydrogen-bond donors (Lipinski definition) is 1. The number of benzene rings is 1. The smallest absolute Gasteiger partial charge is 0.269 e. The van der Waals surface area contributed by atoms with Gasteiger partial charge in [-0.25, -0.2) is 0 Å². The highest BCUT2D eigenvalue weighted by atomic mass is 16.6. The van der Waals surface area contributed by atoms with E-state index in [-0.39, 0.29) is 53.5 Å². The van der Waals surface area contributed by atoms with Gasteiger partial charge in [-0.3, -0.25) is 29.4 Å². The maximum Gasteiger partial charge on any atom is 0.269 e. The van der Waals surface area contributed by atoms with Gasteiger partial charge in [-0.2, -0.15) is 0 Å². The zero-order valence-electron chi connectivity index (χ0n) is 14.7. The van der Waals surface area contributed by atoms with Crippen LogP contribution in [0.15, 0.2) is 36.4 Å². The molecule has 5 unspecified atom stereocenters. The number of carbonyl (C=O) groups is 3. The first kappa shape index (κ1) is 17.4. The summed E-state index contributed by atoms with van der Waals surface area (Å²) in [5, 5.41) is 13.6. The molecule has 4 rings (SSSR count). The van der Waals surface area contributed by atoms with Gasteiger partial charge >= 0.3 is 0 Å². The summed E-state index contributed by atoms with van der Waals surface area (Å²) in [6.45, 7) is 0. The fourth-order valence-electron chi connectivity index (χ4n) is 4.71. The lowest BCUT2D eigenvalue weighted by atomic mass is 9.85. The Kier molecular flexibility index (Phi) is 4.05. The van der Waals surface area contributed by atoms with E-state index in [4.69, 9.17) is 0 Å². The van der Waals surface area contributed by atoms with E-state index in [1.807, 2.05) is 12.2 Å². The molecule has 8 nitrogen and oxygen atoms in total. The molecule has 3 amide bonds. The van der Waals surface area contributed by atoms with Gasteiger partial charge in [0.05, 0.1) is 29.2 Å². The lowest BCUT2D eigenvalue weighted by molar-refractivity contribution is -0.385. The molecule has 1 saturated carbocycles. The highest BCUT2D eigenvalue weighted by molar-refractivity contribution is 6.07. The van der Waals surface area contributed by atoms with E-state index in [1.54, 1.807) is 6.07 Å². The van der Waals surface area contributed by atoms with Gasteiger partial charge in [0.1, 0.15) is 0 Å². The first-order valence-corrected chi connectivity index (χ1v) is 8.92. The highest BCUT2D eigenvalue weighted by Gasteiger charge is 2.60. The van der Waals surface area contributed by atoms with Crippen LogP contribution < -0.4 is 5.32 Å². The number of non-ortho nitro benzene ring substituents is 1. The number of allylic oxidation sites excluding steroid dienone is 2. The number of likely N-dealkylation sites (tertiary alicyclic amines) is 1. The van der Waals surface area contributed by atoms with Crippen LogP contribution in [-0.2, 0) is 14.4 Å². The molecule has 0 spiro atoms. The molecule has 1 N–H and O–H groups in total. The van der Waals surface area contributed by atoms with Crippen LogP contribution >= 0.6 is 0 Å². The van der Waals surface area contributed by atoms with Crippen LogP contribution in [0.3, 0.4) is 0 Å². The van der Waals surface area contributed by atoms with E-state index in [2.05, 4.69) is 5.32 Å². The van der Waals surface area contributed by atoms with Gasteiger partial charge in [-0.05, 0) is 23.8 Å². The molecule has 8 heteroatoms. The normalized spacial score (nSPS) is 29.1. The van der Waals surface area contributed by atoms with Gasteiger partial charge in [0.2, 0.25) is 17.7 Å². The number of nitrogens with zero attached hydrogens (tertiary/aromatic N) is 2. The van der Waals surface area contributed by atoms with E-state index in [0.29, 0.717) is 5.56 Å². The Morgan fingerprint density at radius 3 is 2.44 bits per heavy atom. The molecule has 3 aliphatic rings. The Balaban J connectivity index is 1.73. The van der Waals surface area contributed by atoms with Crippen molar-refractivity contribution in [1.82, 2.24) is 10.2 Å². The number of fused-ring (bicyclic) bond motifs is 5. The topological polar surface area (TPSA) is 110 Å². The number of nitrogens with one attached hydrogen (secondary N) is 1. The second kappa shape index (κ2) is 6.29. The maximum absolute atomic E-state index is 13.1. The van der Waals surface area contributed by atoms with Gasteiger partial charge in [0.25, 0.3) is 5.69 Å². The van der Waals surface area contributed by atoms with E-state index >= 15 is 0 Å². The molecule has 0 aromatic heterocycles. The number of hydrogen-bond acceptors (Lipinski definition) is 5. The SMILES string of the molecule is CNC(=O)CC(c1cccc([N+](=O)[O-])c1)N1C(=O)C2C3C=CC(C3)C2C1=O. The summed E-state index contributed by atoms with van der Waals surface area (Å²) in [5.41, 5.74) is 0.269. The number of rotatable bonds is 5. The second-order valence-electron chi connectivity index (χ2n) is 7.29. The average Bonchev–Trinajstić information content (AvgIpc) is 3.34. The molecule has 1 aliphatic heterocycles. The summed E-state index contributed by atoms with van der Waals surface area (Å²) in [6.07, 6.45) is 4.69. The number of amides is 3. The molecule has 1 saturated heterocycles. The fourth-order valence-corrected chi connectivity index (χ4v) is 4.71. The van der Waals surface area contributed by atoms with Crippen molar-refractivity contribution >= 4 is 23.4 Å². The standard InChI is InChI=1S/C19H19N3O5/c1-20-15(23)9-14(10-3-2-4-13(8-10)22(26)27)21-18(24)16-11-5-6-12(7-11)17(16)19(21)25/h2-6,8,11-12,14,16-17H,7,9H2,1H3,(H,20,23). The van der Waals surface area contributed by atoms with Crippen LogP contribution in [0.1, 0.15) is 24.4 Å². The zero-order valence-corrected chi connectivity index (χ0v) is 14.7. The van der Waals surface area contributed by atoms with Gasteiger partial charge in [0, 0.05) is 19.2 Å². The number of imide groups is 1. The summed E-state index contributed by atoms with van der Waals surface area (Å²) >= 11 is 0.